The Morgan fingerprint density at radius 1 is 1.26 bits per heavy atom. The van der Waals surface area contributed by atoms with Crippen molar-refractivity contribution in [1.29, 1.82) is 0 Å². The number of benzene rings is 1. The summed E-state index contributed by atoms with van der Waals surface area (Å²) in [5.41, 5.74) is 1.01. The third kappa shape index (κ3) is 7.22. The lowest BCUT2D eigenvalue weighted by Crippen LogP contribution is -2.39. The van der Waals surface area contributed by atoms with E-state index in [9.17, 15) is 4.79 Å². The average Bonchev–Trinajstić information content (AvgIpc) is 3.19. The molecule has 0 radical (unpaired) electrons. The summed E-state index contributed by atoms with van der Waals surface area (Å²) in [4.78, 5) is 16.2. The van der Waals surface area contributed by atoms with Crippen LogP contribution in [-0.2, 0) is 17.8 Å². The Kier molecular flexibility index (Phi) is 8.51. The maximum atomic E-state index is 11.9. The van der Waals surface area contributed by atoms with E-state index in [1.54, 1.807) is 31.6 Å². The highest BCUT2D eigenvalue weighted by molar-refractivity contribution is 6.31. The number of guanidine groups is 1. The van der Waals surface area contributed by atoms with Gasteiger partial charge in [0, 0.05) is 18.1 Å². The third-order valence-corrected chi connectivity index (χ3v) is 4.06. The van der Waals surface area contributed by atoms with Crippen molar-refractivity contribution in [2.45, 2.75) is 19.9 Å². The summed E-state index contributed by atoms with van der Waals surface area (Å²) in [7, 11) is 1.61. The summed E-state index contributed by atoms with van der Waals surface area (Å²) >= 11 is 6.25. The number of carbonyl (C=O) groups is 1. The normalized spacial score (nSPS) is 11.1. The van der Waals surface area contributed by atoms with Gasteiger partial charge in [0.15, 0.2) is 5.96 Å². The molecule has 0 atom stereocenters. The molecule has 0 saturated carbocycles. The van der Waals surface area contributed by atoms with Crippen molar-refractivity contribution in [3.05, 3.63) is 52.9 Å². The number of methoxy groups -OCH3 is 1. The maximum Gasteiger partial charge on any atom is 0.242 e. The highest BCUT2D eigenvalue weighted by Gasteiger charge is 2.05. The minimum absolute atomic E-state index is 0.0271. The predicted molar refractivity (Wildman–Crippen MR) is 106 cm³/mol. The molecule has 1 aromatic heterocycles. The van der Waals surface area contributed by atoms with Crippen LogP contribution in [-0.4, -0.2) is 38.6 Å². The van der Waals surface area contributed by atoms with Gasteiger partial charge in [-0.3, -0.25) is 4.79 Å². The molecule has 0 fully saturated rings. The second-order valence-electron chi connectivity index (χ2n) is 5.69. The number of carbonyl (C=O) groups excluding carboxylic acids is 1. The molecule has 1 heterocycles. The summed E-state index contributed by atoms with van der Waals surface area (Å²) in [6.45, 7) is 3.67. The fourth-order valence-corrected chi connectivity index (χ4v) is 2.59. The van der Waals surface area contributed by atoms with Gasteiger partial charge in [-0.15, -0.1) is 0 Å². The molecule has 0 bridgehead atoms. The van der Waals surface area contributed by atoms with E-state index in [0.29, 0.717) is 36.4 Å². The lowest BCUT2D eigenvalue weighted by atomic mass is 10.1. The van der Waals surface area contributed by atoms with Gasteiger partial charge in [-0.05, 0) is 43.2 Å². The van der Waals surface area contributed by atoms with Gasteiger partial charge in [-0.25, -0.2) is 4.99 Å². The van der Waals surface area contributed by atoms with Gasteiger partial charge < -0.3 is 25.1 Å². The Hall–Kier alpha value is -2.67. The first-order valence-corrected chi connectivity index (χ1v) is 9.13. The predicted octanol–water partition coefficient (Wildman–Crippen LogP) is 2.36. The van der Waals surface area contributed by atoms with Gasteiger partial charge in [-0.2, -0.15) is 0 Å². The zero-order valence-corrected chi connectivity index (χ0v) is 16.3. The monoisotopic (exact) mass is 392 g/mol. The summed E-state index contributed by atoms with van der Waals surface area (Å²) < 4.78 is 10.3. The molecule has 146 valence electrons. The van der Waals surface area contributed by atoms with Crippen molar-refractivity contribution in [1.82, 2.24) is 16.0 Å². The van der Waals surface area contributed by atoms with Crippen LogP contribution in [0.3, 0.4) is 0 Å². The molecule has 1 amide bonds. The number of rotatable bonds is 9. The second-order valence-corrected chi connectivity index (χ2v) is 6.09. The highest BCUT2D eigenvalue weighted by atomic mass is 35.5. The molecule has 0 aliphatic rings. The number of aliphatic imine (C=N–C) groups is 1. The van der Waals surface area contributed by atoms with Crippen LogP contribution in [0.2, 0.25) is 5.02 Å². The van der Waals surface area contributed by atoms with Crippen molar-refractivity contribution < 1.29 is 13.9 Å². The zero-order valence-electron chi connectivity index (χ0n) is 15.5. The van der Waals surface area contributed by atoms with E-state index < -0.39 is 0 Å². The van der Waals surface area contributed by atoms with E-state index in [1.807, 2.05) is 19.1 Å². The molecule has 2 rings (SSSR count). The number of furan rings is 1. The number of amides is 1. The topological polar surface area (TPSA) is 87.9 Å². The van der Waals surface area contributed by atoms with Crippen LogP contribution in [0.4, 0.5) is 0 Å². The Labute approximate surface area is 164 Å². The molecule has 8 heteroatoms. The molecule has 0 unspecified atom stereocenters. The van der Waals surface area contributed by atoms with E-state index in [4.69, 9.17) is 20.8 Å². The number of hydrogen-bond acceptors (Lipinski definition) is 4. The summed E-state index contributed by atoms with van der Waals surface area (Å²) in [5.74, 6) is 1.83. The number of hydrogen-bond donors (Lipinski definition) is 3. The van der Waals surface area contributed by atoms with E-state index in [1.165, 1.54) is 0 Å². The van der Waals surface area contributed by atoms with E-state index in [2.05, 4.69) is 20.9 Å². The number of nitrogens with one attached hydrogen (secondary N) is 3. The molecule has 0 aliphatic carbocycles. The molecular weight excluding hydrogens is 368 g/mol. The highest BCUT2D eigenvalue weighted by Crippen LogP contribution is 2.22. The summed E-state index contributed by atoms with van der Waals surface area (Å²) in [5, 5.41) is 9.74. The Morgan fingerprint density at radius 3 is 2.78 bits per heavy atom. The van der Waals surface area contributed by atoms with Crippen LogP contribution < -0.4 is 20.7 Å². The first kappa shape index (κ1) is 20.6. The van der Waals surface area contributed by atoms with Crippen molar-refractivity contribution in [3.8, 4) is 5.75 Å². The number of ether oxygens (including phenoxy) is 1. The largest absolute Gasteiger partial charge is 0.497 e. The molecule has 3 N–H and O–H groups in total. The van der Waals surface area contributed by atoms with Gasteiger partial charge in [0.25, 0.3) is 0 Å². The van der Waals surface area contributed by atoms with Gasteiger partial charge in [0.05, 0.1) is 19.9 Å². The minimum Gasteiger partial charge on any atom is -0.497 e. The fourth-order valence-electron chi connectivity index (χ4n) is 2.32. The van der Waals surface area contributed by atoms with Crippen LogP contribution in [0.15, 0.2) is 46.0 Å². The van der Waals surface area contributed by atoms with Gasteiger partial charge in [0.2, 0.25) is 5.91 Å². The van der Waals surface area contributed by atoms with E-state index >= 15 is 0 Å². The van der Waals surface area contributed by atoms with Crippen LogP contribution in [0.1, 0.15) is 18.2 Å². The Balaban J connectivity index is 1.79. The standard InChI is InChI=1S/C19H25ClN4O3/c1-3-21-19(24-13-18(25)23-12-16-5-4-10-27-16)22-9-8-14-6-7-15(26-2)11-17(14)20/h4-7,10-11H,3,8-9,12-13H2,1-2H3,(H,23,25)(H2,21,22,24). The molecule has 27 heavy (non-hydrogen) atoms. The SMILES string of the molecule is CCNC(=NCC(=O)NCc1ccco1)NCCc1ccc(OC)cc1Cl. The van der Waals surface area contributed by atoms with Crippen molar-refractivity contribution in [3.63, 3.8) is 0 Å². The molecular formula is C19H25ClN4O3. The van der Waals surface area contributed by atoms with E-state index in [0.717, 1.165) is 17.7 Å². The number of halogens is 1. The zero-order chi connectivity index (χ0) is 19.5. The van der Waals surface area contributed by atoms with Crippen LogP contribution in [0.25, 0.3) is 0 Å². The Morgan fingerprint density at radius 2 is 2.11 bits per heavy atom. The fraction of sp³-hybridized carbons (Fsp3) is 0.368. The molecule has 1 aromatic carbocycles. The van der Waals surface area contributed by atoms with Crippen LogP contribution in [0, 0.1) is 0 Å². The van der Waals surface area contributed by atoms with Crippen molar-refractivity contribution >= 4 is 23.5 Å². The van der Waals surface area contributed by atoms with Crippen molar-refractivity contribution in [2.24, 2.45) is 4.99 Å². The lowest BCUT2D eigenvalue weighted by molar-refractivity contribution is -0.119. The number of nitrogens with zero attached hydrogens (tertiary/aromatic N) is 1. The molecule has 7 nitrogen and oxygen atoms in total. The molecule has 0 saturated heterocycles. The second kappa shape index (κ2) is 11.1. The van der Waals surface area contributed by atoms with Crippen LogP contribution >= 0.6 is 11.6 Å². The molecule has 0 aliphatic heterocycles. The average molecular weight is 393 g/mol. The third-order valence-electron chi connectivity index (χ3n) is 3.71. The van der Waals surface area contributed by atoms with Gasteiger partial charge >= 0.3 is 0 Å². The first-order valence-electron chi connectivity index (χ1n) is 8.76. The van der Waals surface area contributed by atoms with Gasteiger partial charge in [0.1, 0.15) is 18.1 Å². The van der Waals surface area contributed by atoms with Gasteiger partial charge in [-0.1, -0.05) is 17.7 Å². The summed E-state index contributed by atoms with van der Waals surface area (Å²) in [6, 6.07) is 9.19. The maximum absolute atomic E-state index is 11.9. The first-order chi connectivity index (χ1) is 13.1. The molecule has 2 aromatic rings. The summed E-state index contributed by atoms with van der Waals surface area (Å²) in [6.07, 6.45) is 2.29. The smallest absolute Gasteiger partial charge is 0.242 e. The van der Waals surface area contributed by atoms with Crippen molar-refractivity contribution in [2.75, 3.05) is 26.7 Å². The quantitative estimate of drug-likeness (QED) is 0.450. The van der Waals surface area contributed by atoms with E-state index in [-0.39, 0.29) is 12.5 Å². The Bertz CT molecular complexity index is 747. The minimum atomic E-state index is -0.179. The lowest BCUT2D eigenvalue weighted by Gasteiger charge is -2.12. The van der Waals surface area contributed by atoms with Crippen LogP contribution in [0.5, 0.6) is 5.75 Å². The molecule has 0 spiro atoms.